The molecule has 3 atom stereocenters. The molecule has 0 amide bonds. The number of unbranched alkanes of at least 4 members (excludes halogenated alkanes) is 22. The van der Waals surface area contributed by atoms with Crippen molar-refractivity contribution in [2.45, 2.75) is 211 Å². The van der Waals surface area contributed by atoms with Crippen LogP contribution < -0.4 is 9.62 Å². The van der Waals surface area contributed by atoms with Crippen LogP contribution in [0.25, 0.3) is 10.8 Å². The average Bonchev–Trinajstić information content (AvgIpc) is 3.33. The van der Waals surface area contributed by atoms with Gasteiger partial charge in [0, 0.05) is 43.4 Å². The highest BCUT2D eigenvalue weighted by Gasteiger charge is 2.32. The first-order valence-corrected chi connectivity index (χ1v) is 29.4. The molecule has 0 heterocycles. The molecule has 398 valence electrons. The van der Waals surface area contributed by atoms with E-state index >= 15 is 0 Å². The summed E-state index contributed by atoms with van der Waals surface area (Å²) in [7, 11) is -5.95. The Hall–Kier alpha value is -3.59. The van der Waals surface area contributed by atoms with E-state index in [4.69, 9.17) is 18.5 Å². The maximum absolute atomic E-state index is 13.5. The fourth-order valence-corrected chi connectivity index (χ4v) is 10.1. The Kier molecular flexibility index (Phi) is 34.0. The third-order valence-corrected chi connectivity index (χ3v) is 14.5. The van der Waals surface area contributed by atoms with E-state index in [2.05, 4.69) is 42.9 Å². The molecule has 3 N–H and O–H groups in total. The van der Waals surface area contributed by atoms with Gasteiger partial charge in [-0.25, -0.2) is 13.0 Å². The van der Waals surface area contributed by atoms with Gasteiger partial charge in [-0.05, 0) is 76.3 Å². The molecule has 0 saturated carbocycles. The number of hydrogen-bond acceptors (Lipinski definition) is 11. The van der Waals surface area contributed by atoms with Crippen molar-refractivity contribution in [3.8, 4) is 0 Å². The molecule has 0 spiro atoms. The first-order chi connectivity index (χ1) is 33.7. The second-order valence-electron chi connectivity index (χ2n) is 18.6. The molecule has 14 nitrogen and oxygen atoms in total. The molecule has 0 radical (unpaired) electrons. The fourth-order valence-electron chi connectivity index (χ4n) is 7.98. The topological polar surface area (TPSA) is 195 Å². The lowest BCUT2D eigenvalue weighted by Crippen LogP contribution is -2.43. The standard InChI is InChI=1S/C54H89N2O12PS/c1-5-7-9-11-13-15-17-19-21-23-25-27-29-31-33-41-52(57)65-43-46(68-53(58)42-34-32-30-28-26-24-22-20-18-16-14-12-10-8-6-2)44-66-69(61,62)67-45-49(54(59)60)55-70(63,64)51-40-36-37-47-48(51)38-35-39-50(47)56(3)4/h19-22,35-40,46,49,55H,5-18,23-34,41-45H2,1-4H3,(H,59,60)(H,61,62)/b21-19-,22-20-/t46-,49+/m1/s1. The minimum absolute atomic E-state index is 0.0817. The van der Waals surface area contributed by atoms with E-state index in [-0.39, 0.29) is 17.7 Å². The number of phosphoric acid groups is 1. The lowest BCUT2D eigenvalue weighted by atomic mass is 10.1. The summed E-state index contributed by atoms with van der Waals surface area (Å²) < 4.78 is 63.2. The Morgan fingerprint density at radius 3 is 1.56 bits per heavy atom. The predicted molar refractivity (Wildman–Crippen MR) is 281 cm³/mol. The number of anilines is 1. The average molecular weight is 1020 g/mol. The van der Waals surface area contributed by atoms with Gasteiger partial charge < -0.3 is 24.4 Å². The van der Waals surface area contributed by atoms with Crippen molar-refractivity contribution >= 4 is 52.2 Å². The first kappa shape index (κ1) is 62.5. The summed E-state index contributed by atoms with van der Waals surface area (Å²) in [5.74, 6) is -2.78. The Morgan fingerprint density at radius 1 is 0.614 bits per heavy atom. The smallest absolute Gasteiger partial charge is 0.472 e. The van der Waals surface area contributed by atoms with Crippen LogP contribution in [-0.4, -0.2) is 82.4 Å². The number of esters is 2. The van der Waals surface area contributed by atoms with Crippen LogP contribution in [0.4, 0.5) is 5.69 Å². The molecule has 2 aromatic carbocycles. The molecule has 0 saturated heterocycles. The summed E-state index contributed by atoms with van der Waals surface area (Å²) in [5.41, 5.74) is 0.742. The van der Waals surface area contributed by atoms with Crippen LogP contribution in [0.3, 0.4) is 0 Å². The molecule has 16 heteroatoms. The summed E-state index contributed by atoms with van der Waals surface area (Å²) in [6, 6.07) is 7.70. The zero-order valence-electron chi connectivity index (χ0n) is 43.1. The highest BCUT2D eigenvalue weighted by atomic mass is 32.2. The Labute approximate surface area is 421 Å². The van der Waals surface area contributed by atoms with E-state index in [1.54, 1.807) is 32.3 Å². The van der Waals surface area contributed by atoms with Crippen LogP contribution in [-0.2, 0) is 47.5 Å². The minimum atomic E-state index is -5.07. The summed E-state index contributed by atoms with van der Waals surface area (Å²) in [5, 5.41) is 10.9. The van der Waals surface area contributed by atoms with Gasteiger partial charge in [0.2, 0.25) is 10.0 Å². The summed E-state index contributed by atoms with van der Waals surface area (Å²) >= 11 is 0. The SMILES string of the molecule is CCCCCCCC/C=C\CCCCCCCC(=O)OC[C@H](COP(=O)(O)OC[C@H](NS(=O)(=O)c1cccc2c(N(C)C)cccc12)C(=O)O)OC(=O)CCCCCCC/C=C\CCCCCCCC. The van der Waals surface area contributed by atoms with Crippen molar-refractivity contribution in [2.24, 2.45) is 0 Å². The van der Waals surface area contributed by atoms with E-state index in [1.165, 1.54) is 89.2 Å². The molecule has 2 rings (SSSR count). The van der Waals surface area contributed by atoms with Crippen molar-refractivity contribution < 1.29 is 55.9 Å². The summed E-state index contributed by atoms with van der Waals surface area (Å²) in [6.45, 7) is 2.21. The van der Waals surface area contributed by atoms with Crippen LogP contribution in [0, 0.1) is 0 Å². The third-order valence-electron chi connectivity index (χ3n) is 12.1. The largest absolute Gasteiger partial charge is 0.480 e. The van der Waals surface area contributed by atoms with Crippen molar-refractivity contribution in [3.05, 3.63) is 60.7 Å². The van der Waals surface area contributed by atoms with Gasteiger partial charge in [-0.1, -0.05) is 165 Å². The van der Waals surface area contributed by atoms with E-state index in [1.807, 2.05) is 11.0 Å². The number of fused-ring (bicyclic) bond motifs is 1. The van der Waals surface area contributed by atoms with Gasteiger partial charge in [0.15, 0.2) is 6.10 Å². The first-order valence-electron chi connectivity index (χ1n) is 26.4. The lowest BCUT2D eigenvalue weighted by Gasteiger charge is -2.21. The molecule has 0 aromatic heterocycles. The van der Waals surface area contributed by atoms with E-state index in [0.717, 1.165) is 82.7 Å². The van der Waals surface area contributed by atoms with Gasteiger partial charge in [-0.2, -0.15) is 4.72 Å². The molecule has 0 aliphatic carbocycles. The van der Waals surface area contributed by atoms with Gasteiger partial charge in [-0.3, -0.25) is 23.4 Å². The quantitative estimate of drug-likeness (QED) is 0.0246. The van der Waals surface area contributed by atoms with Crippen LogP contribution in [0.1, 0.15) is 194 Å². The Bertz CT molecular complexity index is 1970. The number of carbonyl (C=O) groups is 3. The highest BCUT2D eigenvalue weighted by Crippen LogP contribution is 2.43. The van der Waals surface area contributed by atoms with Gasteiger partial charge in [0.05, 0.1) is 18.1 Å². The number of carboxylic acid groups (broad SMARTS) is 1. The number of phosphoric ester groups is 1. The highest BCUT2D eigenvalue weighted by molar-refractivity contribution is 7.89. The molecular formula is C54H89N2O12PS. The number of aliphatic carboxylic acids is 1. The van der Waals surface area contributed by atoms with Crippen LogP contribution in [0.15, 0.2) is 65.6 Å². The maximum atomic E-state index is 13.5. The normalized spacial score (nSPS) is 13.7. The number of sulfonamides is 1. The molecule has 0 aliphatic heterocycles. The molecule has 0 fully saturated rings. The number of hydrogen-bond donors (Lipinski definition) is 3. The number of rotatable bonds is 44. The summed E-state index contributed by atoms with van der Waals surface area (Å²) in [6.07, 6.45) is 37.0. The van der Waals surface area contributed by atoms with Gasteiger partial charge in [-0.15, -0.1) is 0 Å². The van der Waals surface area contributed by atoms with Crippen molar-refractivity contribution in [1.82, 2.24) is 4.72 Å². The van der Waals surface area contributed by atoms with E-state index < -0.39 is 67.7 Å². The number of allylic oxidation sites excluding steroid dienone is 4. The molecule has 1 unspecified atom stereocenters. The Balaban J connectivity index is 1.89. The molecule has 70 heavy (non-hydrogen) atoms. The van der Waals surface area contributed by atoms with Crippen molar-refractivity contribution in [2.75, 3.05) is 38.8 Å². The number of nitrogens with one attached hydrogen (secondary N) is 1. The molecule has 0 aliphatic rings. The minimum Gasteiger partial charge on any atom is -0.480 e. The fraction of sp³-hybridized carbons (Fsp3) is 0.685. The zero-order chi connectivity index (χ0) is 51.3. The van der Waals surface area contributed by atoms with Crippen LogP contribution in [0.5, 0.6) is 0 Å². The van der Waals surface area contributed by atoms with Gasteiger partial charge in [0.1, 0.15) is 12.6 Å². The Morgan fingerprint density at radius 2 is 1.06 bits per heavy atom. The van der Waals surface area contributed by atoms with Crippen LogP contribution in [0.2, 0.25) is 0 Å². The monoisotopic (exact) mass is 1020 g/mol. The number of benzene rings is 2. The maximum Gasteiger partial charge on any atom is 0.472 e. The van der Waals surface area contributed by atoms with Crippen molar-refractivity contribution in [3.63, 3.8) is 0 Å². The van der Waals surface area contributed by atoms with Gasteiger partial charge in [0.25, 0.3) is 0 Å². The van der Waals surface area contributed by atoms with Gasteiger partial charge >= 0.3 is 25.7 Å². The van der Waals surface area contributed by atoms with E-state index in [0.29, 0.717) is 23.6 Å². The number of ether oxygens (including phenoxy) is 2. The second-order valence-corrected chi connectivity index (χ2v) is 21.7. The van der Waals surface area contributed by atoms with Crippen LogP contribution >= 0.6 is 7.82 Å². The molecule has 0 bridgehead atoms. The lowest BCUT2D eigenvalue weighted by molar-refractivity contribution is -0.161. The number of carbonyl (C=O) groups excluding carboxylic acids is 2. The molecular weight excluding hydrogens is 932 g/mol. The third kappa shape index (κ3) is 29.1. The zero-order valence-corrected chi connectivity index (χ0v) is 44.8. The summed E-state index contributed by atoms with van der Waals surface area (Å²) in [4.78, 5) is 50.1. The second kappa shape index (κ2) is 38.1. The number of carboxylic acids is 1. The molecule has 2 aromatic rings. The van der Waals surface area contributed by atoms with E-state index in [9.17, 15) is 37.4 Å². The predicted octanol–water partition coefficient (Wildman–Crippen LogP) is 13.3. The number of nitrogens with zero attached hydrogens (tertiary/aromatic N) is 1. The van der Waals surface area contributed by atoms with Crippen molar-refractivity contribution in [1.29, 1.82) is 0 Å².